The molecule has 0 amide bonds. The van der Waals surface area contributed by atoms with Crippen molar-refractivity contribution in [3.05, 3.63) is 41.0 Å². The fourth-order valence-electron chi connectivity index (χ4n) is 2.74. The van der Waals surface area contributed by atoms with Gasteiger partial charge in [-0.25, -0.2) is 10.2 Å². The second-order valence-electron chi connectivity index (χ2n) is 5.58. The van der Waals surface area contributed by atoms with Crippen LogP contribution in [0.2, 0.25) is 0 Å². The highest BCUT2D eigenvalue weighted by Crippen LogP contribution is 2.31. The average molecular weight is 316 g/mol. The smallest absolute Gasteiger partial charge is 0.193 e. The lowest BCUT2D eigenvalue weighted by atomic mass is 10.0. The van der Waals surface area contributed by atoms with Gasteiger partial charge in [-0.1, -0.05) is 6.07 Å². The van der Waals surface area contributed by atoms with Crippen molar-refractivity contribution < 1.29 is 15.2 Å². The Morgan fingerprint density at radius 3 is 2.61 bits per heavy atom. The highest BCUT2D eigenvalue weighted by molar-refractivity contribution is 5.76. The lowest BCUT2D eigenvalue weighted by molar-refractivity contribution is -0.991. The summed E-state index contributed by atoms with van der Waals surface area (Å²) in [5, 5.41) is 20.3. The minimum Gasteiger partial charge on any atom is -0.595 e. The van der Waals surface area contributed by atoms with Crippen LogP contribution in [0, 0.1) is 19.1 Å². The average Bonchev–Trinajstić information content (AvgIpc) is 2.55. The molecule has 2 aromatic heterocycles. The van der Waals surface area contributed by atoms with Gasteiger partial charge in [0.15, 0.2) is 5.69 Å². The monoisotopic (exact) mass is 316 g/mol. The first-order valence-electron chi connectivity index (χ1n) is 7.57. The summed E-state index contributed by atoms with van der Waals surface area (Å²) >= 11 is 0. The predicted molar refractivity (Wildman–Crippen MR) is 85.8 cm³/mol. The molecule has 1 aliphatic rings. The number of hydrogen-bond donors (Lipinski definition) is 2. The molecule has 0 saturated carbocycles. The maximum atomic E-state index is 11.7. The highest BCUT2D eigenvalue weighted by Gasteiger charge is 2.21. The van der Waals surface area contributed by atoms with E-state index >= 15 is 0 Å². The van der Waals surface area contributed by atoms with E-state index < -0.39 is 5.23 Å². The van der Waals surface area contributed by atoms with E-state index in [2.05, 4.69) is 14.9 Å². The number of morpholine rings is 1. The summed E-state index contributed by atoms with van der Waals surface area (Å²) in [6, 6.07) is 5.62. The number of pyridine rings is 2. The number of rotatable bonds is 3. The Hall–Kier alpha value is -2.06. The van der Waals surface area contributed by atoms with Gasteiger partial charge in [0.1, 0.15) is 11.5 Å². The molecular formula is C16H20N4O3. The van der Waals surface area contributed by atoms with Crippen LogP contribution in [-0.2, 0) is 4.74 Å². The third kappa shape index (κ3) is 3.32. The molecule has 0 bridgehead atoms. The molecule has 3 heterocycles. The topological polar surface area (TPSA) is 86.0 Å². The largest absolute Gasteiger partial charge is 0.595 e. The maximum Gasteiger partial charge on any atom is 0.193 e. The third-order valence-corrected chi connectivity index (χ3v) is 3.96. The first-order valence-corrected chi connectivity index (χ1v) is 7.57. The molecule has 0 aliphatic carbocycles. The molecule has 7 nitrogen and oxygen atoms in total. The minimum atomic E-state index is -0.973. The zero-order valence-electron chi connectivity index (χ0n) is 13.2. The zero-order valence-corrected chi connectivity index (χ0v) is 13.2. The second-order valence-corrected chi connectivity index (χ2v) is 5.58. The van der Waals surface area contributed by atoms with Gasteiger partial charge in [-0.3, -0.25) is 4.98 Å². The van der Waals surface area contributed by atoms with Crippen molar-refractivity contribution in [3.63, 3.8) is 0 Å². The summed E-state index contributed by atoms with van der Waals surface area (Å²) in [6.07, 6.45) is 1.71. The fraction of sp³-hybridized carbons (Fsp3) is 0.375. The van der Waals surface area contributed by atoms with Crippen molar-refractivity contribution in [2.24, 2.45) is 0 Å². The molecule has 1 atom stereocenters. The molecule has 1 fully saturated rings. The van der Waals surface area contributed by atoms with Crippen LogP contribution < -0.4 is 10.1 Å². The molecule has 1 saturated heterocycles. The van der Waals surface area contributed by atoms with Crippen LogP contribution in [0.25, 0.3) is 11.1 Å². The quantitative estimate of drug-likeness (QED) is 0.822. The lowest BCUT2D eigenvalue weighted by Crippen LogP contribution is -2.99. The Labute approximate surface area is 134 Å². The highest BCUT2D eigenvalue weighted by atomic mass is 16.8. The van der Waals surface area contributed by atoms with Gasteiger partial charge in [-0.05, 0) is 26.0 Å². The van der Waals surface area contributed by atoms with Crippen LogP contribution in [0.4, 0.5) is 11.5 Å². The SMILES string of the molecule is Cc1ccc(-c2cc(N3CCOCC3)nc(C)c2[NH+]([O-])O)cn1. The van der Waals surface area contributed by atoms with E-state index in [1.807, 2.05) is 25.1 Å². The molecule has 2 aromatic rings. The summed E-state index contributed by atoms with van der Waals surface area (Å²) in [5.41, 5.74) is 3.07. The van der Waals surface area contributed by atoms with Crippen molar-refractivity contribution in [1.29, 1.82) is 0 Å². The molecule has 0 radical (unpaired) electrons. The summed E-state index contributed by atoms with van der Waals surface area (Å²) in [7, 11) is 0. The number of aromatic nitrogens is 2. The van der Waals surface area contributed by atoms with Crippen LogP contribution in [0.5, 0.6) is 0 Å². The van der Waals surface area contributed by atoms with E-state index in [9.17, 15) is 10.4 Å². The Kier molecular flexibility index (Phi) is 4.53. The van der Waals surface area contributed by atoms with Crippen molar-refractivity contribution in [1.82, 2.24) is 9.97 Å². The Morgan fingerprint density at radius 1 is 1.26 bits per heavy atom. The molecule has 23 heavy (non-hydrogen) atoms. The van der Waals surface area contributed by atoms with Gasteiger partial charge in [0.25, 0.3) is 0 Å². The standard InChI is InChI=1S/C16H20N4O3/c1-11-3-4-13(10-17-11)14-9-15(19-5-7-23-8-6-19)18-12(2)16(14)20(21)22/h3-4,9-10,20-21H,5-8H2,1-2H3. The van der Waals surface area contributed by atoms with Crippen molar-refractivity contribution >= 4 is 11.5 Å². The molecule has 0 spiro atoms. The molecule has 1 aliphatic heterocycles. The van der Waals surface area contributed by atoms with Crippen molar-refractivity contribution in [2.75, 3.05) is 31.2 Å². The second kappa shape index (κ2) is 6.59. The maximum absolute atomic E-state index is 11.7. The molecule has 0 aromatic carbocycles. The summed E-state index contributed by atoms with van der Waals surface area (Å²) in [6.45, 7) is 6.46. The van der Waals surface area contributed by atoms with E-state index in [-0.39, 0.29) is 5.69 Å². The number of quaternary nitrogens is 1. The number of hydrogen-bond acceptors (Lipinski definition) is 6. The van der Waals surface area contributed by atoms with Crippen LogP contribution in [0.1, 0.15) is 11.4 Å². The van der Waals surface area contributed by atoms with Crippen molar-refractivity contribution in [2.45, 2.75) is 13.8 Å². The van der Waals surface area contributed by atoms with Gasteiger partial charge in [0, 0.05) is 30.5 Å². The van der Waals surface area contributed by atoms with E-state index in [4.69, 9.17) is 4.74 Å². The minimum absolute atomic E-state index is 0.229. The summed E-state index contributed by atoms with van der Waals surface area (Å²) < 4.78 is 5.37. The first kappa shape index (κ1) is 15.8. The predicted octanol–water partition coefficient (Wildman–Crippen LogP) is 1.00. The fourth-order valence-corrected chi connectivity index (χ4v) is 2.74. The van der Waals surface area contributed by atoms with Crippen LogP contribution in [0.15, 0.2) is 24.4 Å². The first-order chi connectivity index (χ1) is 11.1. The summed E-state index contributed by atoms with van der Waals surface area (Å²) in [5.74, 6) is 0.784. The Morgan fingerprint density at radius 2 is 2.00 bits per heavy atom. The number of nitrogens with zero attached hydrogens (tertiary/aromatic N) is 3. The number of aryl methyl sites for hydroxylation is 2. The van der Waals surface area contributed by atoms with Crippen LogP contribution >= 0.6 is 0 Å². The summed E-state index contributed by atoms with van der Waals surface area (Å²) in [4.78, 5) is 10.9. The van der Waals surface area contributed by atoms with Crippen LogP contribution in [-0.4, -0.2) is 41.5 Å². The number of ether oxygens (including phenoxy) is 1. The van der Waals surface area contributed by atoms with Gasteiger partial charge in [-0.15, -0.1) is 0 Å². The normalized spacial score (nSPS) is 16.4. The van der Waals surface area contributed by atoms with E-state index in [0.29, 0.717) is 24.5 Å². The van der Waals surface area contributed by atoms with Gasteiger partial charge >= 0.3 is 0 Å². The van der Waals surface area contributed by atoms with E-state index in [0.717, 1.165) is 30.2 Å². The molecule has 122 valence electrons. The van der Waals surface area contributed by atoms with Crippen LogP contribution in [0.3, 0.4) is 0 Å². The third-order valence-electron chi connectivity index (χ3n) is 3.96. The van der Waals surface area contributed by atoms with E-state index in [1.165, 1.54) is 0 Å². The Balaban J connectivity index is 2.10. The zero-order chi connectivity index (χ0) is 16.4. The van der Waals surface area contributed by atoms with Crippen molar-refractivity contribution in [3.8, 4) is 11.1 Å². The lowest BCUT2D eigenvalue weighted by Gasteiger charge is -2.29. The molecule has 1 unspecified atom stereocenters. The van der Waals surface area contributed by atoms with Gasteiger partial charge in [-0.2, -0.15) is 5.23 Å². The van der Waals surface area contributed by atoms with Gasteiger partial charge in [0.2, 0.25) is 0 Å². The molecule has 2 N–H and O–H groups in total. The number of nitrogens with one attached hydrogen (secondary N) is 1. The van der Waals surface area contributed by atoms with Gasteiger partial charge in [0.05, 0.1) is 18.8 Å². The van der Waals surface area contributed by atoms with E-state index in [1.54, 1.807) is 13.1 Å². The molecule has 7 heteroatoms. The molecular weight excluding hydrogens is 296 g/mol. The van der Waals surface area contributed by atoms with Gasteiger partial charge < -0.3 is 14.8 Å². The molecule has 3 rings (SSSR count). The number of anilines is 1. The Bertz CT molecular complexity index is 682.